The first kappa shape index (κ1) is 13.1. The molecule has 1 aliphatic heterocycles. The van der Waals surface area contributed by atoms with Crippen molar-refractivity contribution in [1.82, 2.24) is 0 Å². The summed E-state index contributed by atoms with van der Waals surface area (Å²) in [6.07, 6.45) is 4.83. The lowest BCUT2D eigenvalue weighted by Gasteiger charge is -2.23. The SMILES string of the molecule is CC(C)CC1C=Cc2cc(S(N)(=O)=O)ccc2O1. The van der Waals surface area contributed by atoms with Crippen LogP contribution in [0.25, 0.3) is 6.08 Å². The van der Waals surface area contributed by atoms with Crippen molar-refractivity contribution in [2.24, 2.45) is 11.1 Å². The standard InChI is InChI=1S/C13H17NO3S/c1-9(2)7-11-4-3-10-8-12(18(14,15)16)5-6-13(10)17-11/h3-6,8-9,11H,7H2,1-2H3,(H2,14,15,16). The molecule has 1 heterocycles. The molecule has 2 N–H and O–H groups in total. The van der Waals surface area contributed by atoms with Gasteiger partial charge in [0.2, 0.25) is 10.0 Å². The summed E-state index contributed by atoms with van der Waals surface area (Å²) in [4.78, 5) is 0.108. The van der Waals surface area contributed by atoms with Crippen molar-refractivity contribution in [2.75, 3.05) is 0 Å². The van der Waals surface area contributed by atoms with Crippen LogP contribution in [0.2, 0.25) is 0 Å². The second-order valence-corrected chi connectivity index (χ2v) is 6.45. The van der Waals surface area contributed by atoms with Crippen LogP contribution in [0.4, 0.5) is 0 Å². The smallest absolute Gasteiger partial charge is 0.238 e. The van der Waals surface area contributed by atoms with Crippen molar-refractivity contribution in [3.05, 3.63) is 29.8 Å². The Labute approximate surface area is 108 Å². The zero-order valence-corrected chi connectivity index (χ0v) is 11.3. The minimum Gasteiger partial charge on any atom is -0.486 e. The summed E-state index contributed by atoms with van der Waals surface area (Å²) >= 11 is 0. The number of benzene rings is 1. The van der Waals surface area contributed by atoms with Gasteiger partial charge < -0.3 is 4.74 Å². The third kappa shape index (κ3) is 2.91. The molecule has 1 unspecified atom stereocenters. The molecule has 0 bridgehead atoms. The van der Waals surface area contributed by atoms with Crippen LogP contribution in [0.3, 0.4) is 0 Å². The number of hydrogen-bond acceptors (Lipinski definition) is 3. The number of rotatable bonds is 3. The topological polar surface area (TPSA) is 69.4 Å². The molecule has 0 saturated carbocycles. The lowest BCUT2D eigenvalue weighted by molar-refractivity contribution is 0.216. The van der Waals surface area contributed by atoms with E-state index in [4.69, 9.17) is 9.88 Å². The molecular weight excluding hydrogens is 250 g/mol. The van der Waals surface area contributed by atoms with E-state index in [9.17, 15) is 8.42 Å². The Hall–Kier alpha value is -1.33. The quantitative estimate of drug-likeness (QED) is 0.912. The molecule has 0 saturated heterocycles. The van der Waals surface area contributed by atoms with Gasteiger partial charge >= 0.3 is 0 Å². The fourth-order valence-corrected chi connectivity index (χ4v) is 2.49. The van der Waals surface area contributed by atoms with Crippen LogP contribution in [0.5, 0.6) is 5.75 Å². The third-order valence-corrected chi connectivity index (χ3v) is 3.69. The van der Waals surface area contributed by atoms with Crippen molar-refractivity contribution >= 4 is 16.1 Å². The van der Waals surface area contributed by atoms with E-state index in [-0.39, 0.29) is 11.0 Å². The van der Waals surface area contributed by atoms with Gasteiger partial charge in [-0.2, -0.15) is 0 Å². The van der Waals surface area contributed by atoms with E-state index in [0.717, 1.165) is 12.0 Å². The van der Waals surface area contributed by atoms with Crippen LogP contribution in [-0.4, -0.2) is 14.5 Å². The molecule has 0 amide bonds. The Bertz CT molecular complexity index is 576. The Morgan fingerprint density at radius 3 is 2.72 bits per heavy atom. The highest BCUT2D eigenvalue weighted by Crippen LogP contribution is 2.29. The summed E-state index contributed by atoms with van der Waals surface area (Å²) in [5, 5.41) is 5.09. The predicted molar refractivity (Wildman–Crippen MR) is 70.7 cm³/mol. The molecule has 98 valence electrons. The molecule has 5 heteroatoms. The summed E-state index contributed by atoms with van der Waals surface area (Å²) in [5.74, 6) is 1.25. The van der Waals surface area contributed by atoms with Gasteiger partial charge in [-0.3, -0.25) is 0 Å². The lowest BCUT2D eigenvalue weighted by Crippen LogP contribution is -2.19. The number of fused-ring (bicyclic) bond motifs is 1. The van der Waals surface area contributed by atoms with Crippen LogP contribution in [0, 0.1) is 5.92 Å². The maximum Gasteiger partial charge on any atom is 0.238 e. The Balaban J connectivity index is 2.27. The molecular formula is C13H17NO3S. The number of primary sulfonamides is 1. The van der Waals surface area contributed by atoms with Gasteiger partial charge in [0, 0.05) is 5.56 Å². The van der Waals surface area contributed by atoms with Gasteiger partial charge in [0.1, 0.15) is 11.9 Å². The molecule has 1 aromatic carbocycles. The van der Waals surface area contributed by atoms with Crippen LogP contribution in [0.1, 0.15) is 25.8 Å². The maximum absolute atomic E-state index is 11.2. The second kappa shape index (κ2) is 4.74. The number of nitrogens with two attached hydrogens (primary N) is 1. The van der Waals surface area contributed by atoms with E-state index in [1.807, 2.05) is 12.2 Å². The van der Waals surface area contributed by atoms with E-state index in [2.05, 4.69) is 13.8 Å². The summed E-state index contributed by atoms with van der Waals surface area (Å²) in [7, 11) is -3.66. The molecule has 1 aromatic rings. The van der Waals surface area contributed by atoms with Crippen LogP contribution >= 0.6 is 0 Å². The van der Waals surface area contributed by atoms with Crippen molar-refractivity contribution in [2.45, 2.75) is 31.3 Å². The molecule has 4 nitrogen and oxygen atoms in total. The van der Waals surface area contributed by atoms with E-state index >= 15 is 0 Å². The van der Waals surface area contributed by atoms with E-state index in [1.54, 1.807) is 6.07 Å². The van der Waals surface area contributed by atoms with Crippen LogP contribution < -0.4 is 9.88 Å². The van der Waals surface area contributed by atoms with E-state index < -0.39 is 10.0 Å². The van der Waals surface area contributed by atoms with Crippen molar-refractivity contribution in [3.8, 4) is 5.75 Å². The predicted octanol–water partition coefficient (Wildman–Crippen LogP) is 2.15. The number of hydrogen-bond donors (Lipinski definition) is 1. The average Bonchev–Trinajstić information content (AvgIpc) is 2.26. The molecule has 0 aromatic heterocycles. The van der Waals surface area contributed by atoms with Gasteiger partial charge in [0.05, 0.1) is 4.90 Å². The highest BCUT2D eigenvalue weighted by Gasteiger charge is 2.18. The van der Waals surface area contributed by atoms with Gasteiger partial charge in [-0.05, 0) is 36.6 Å². The fourth-order valence-electron chi connectivity index (χ4n) is 1.95. The van der Waals surface area contributed by atoms with E-state index in [1.165, 1.54) is 12.1 Å². The van der Waals surface area contributed by atoms with Gasteiger partial charge in [-0.15, -0.1) is 0 Å². The largest absolute Gasteiger partial charge is 0.486 e. The first-order chi connectivity index (χ1) is 8.36. The zero-order chi connectivity index (χ0) is 13.3. The van der Waals surface area contributed by atoms with Crippen molar-refractivity contribution < 1.29 is 13.2 Å². The molecule has 0 fully saturated rings. The van der Waals surface area contributed by atoms with Gasteiger partial charge in [-0.1, -0.05) is 19.9 Å². The highest BCUT2D eigenvalue weighted by molar-refractivity contribution is 7.89. The lowest BCUT2D eigenvalue weighted by atomic mass is 10.0. The summed E-state index contributed by atoms with van der Waals surface area (Å²) in [5.41, 5.74) is 0.751. The Kier molecular flexibility index (Phi) is 3.45. The minimum atomic E-state index is -3.66. The molecule has 0 aliphatic carbocycles. The summed E-state index contributed by atoms with van der Waals surface area (Å²) in [6.45, 7) is 4.27. The monoisotopic (exact) mass is 267 g/mol. The molecule has 0 spiro atoms. The summed E-state index contributed by atoms with van der Waals surface area (Å²) in [6, 6.07) is 4.67. The number of ether oxygens (including phenoxy) is 1. The molecule has 1 atom stereocenters. The normalized spacial score (nSPS) is 18.6. The number of sulfonamides is 1. The van der Waals surface area contributed by atoms with Gasteiger partial charge in [-0.25, -0.2) is 13.6 Å². The van der Waals surface area contributed by atoms with Gasteiger partial charge in [0.15, 0.2) is 0 Å². The molecule has 2 rings (SSSR count). The first-order valence-corrected chi connectivity index (χ1v) is 7.42. The molecule has 0 radical (unpaired) electrons. The zero-order valence-electron chi connectivity index (χ0n) is 10.5. The van der Waals surface area contributed by atoms with Crippen LogP contribution in [0.15, 0.2) is 29.2 Å². The second-order valence-electron chi connectivity index (χ2n) is 4.89. The highest BCUT2D eigenvalue weighted by atomic mass is 32.2. The van der Waals surface area contributed by atoms with E-state index in [0.29, 0.717) is 11.7 Å². The average molecular weight is 267 g/mol. The minimum absolute atomic E-state index is 0.0535. The molecule has 1 aliphatic rings. The van der Waals surface area contributed by atoms with Crippen molar-refractivity contribution in [1.29, 1.82) is 0 Å². The third-order valence-electron chi connectivity index (χ3n) is 2.78. The van der Waals surface area contributed by atoms with Gasteiger partial charge in [0.25, 0.3) is 0 Å². The maximum atomic E-state index is 11.2. The fraction of sp³-hybridized carbons (Fsp3) is 0.385. The Morgan fingerprint density at radius 1 is 1.39 bits per heavy atom. The summed E-state index contributed by atoms with van der Waals surface area (Å²) < 4.78 is 28.3. The van der Waals surface area contributed by atoms with Crippen molar-refractivity contribution in [3.63, 3.8) is 0 Å². The molecule has 18 heavy (non-hydrogen) atoms. The Morgan fingerprint density at radius 2 is 2.11 bits per heavy atom. The van der Waals surface area contributed by atoms with Crippen LogP contribution in [-0.2, 0) is 10.0 Å². The first-order valence-electron chi connectivity index (χ1n) is 5.88.